The minimum Gasteiger partial charge on any atom is -0.348 e. The van der Waals surface area contributed by atoms with Crippen LogP contribution < -0.4 is 15.1 Å². The summed E-state index contributed by atoms with van der Waals surface area (Å²) in [6.07, 6.45) is 5.03. The van der Waals surface area contributed by atoms with E-state index in [-0.39, 0.29) is 5.91 Å². The summed E-state index contributed by atoms with van der Waals surface area (Å²) >= 11 is 1.86. The Kier molecular flexibility index (Phi) is 6.08. The van der Waals surface area contributed by atoms with Gasteiger partial charge in [-0.2, -0.15) is 0 Å². The van der Waals surface area contributed by atoms with Gasteiger partial charge in [0, 0.05) is 6.04 Å². The van der Waals surface area contributed by atoms with Crippen LogP contribution in [0.15, 0.2) is 17.5 Å². The molecule has 5 heteroatoms. The molecule has 0 radical (unpaired) electrons. The van der Waals surface area contributed by atoms with E-state index < -0.39 is 0 Å². The van der Waals surface area contributed by atoms with Crippen molar-refractivity contribution in [1.29, 1.82) is 0 Å². The number of carbonyl (C=O) groups is 1. The molecule has 1 saturated carbocycles. The van der Waals surface area contributed by atoms with Crippen LogP contribution in [0.25, 0.3) is 0 Å². The number of carbonyl (C=O) groups excluding carboxylic acids is 1. The monoisotopic (exact) mass is 337 g/mol. The number of quaternary nitrogens is 2. The van der Waals surface area contributed by atoms with Crippen LogP contribution in [0.5, 0.6) is 0 Å². The fraction of sp³-hybridized carbons (Fsp3) is 0.722. The minimum absolute atomic E-state index is 0.264. The van der Waals surface area contributed by atoms with Crippen LogP contribution in [0.4, 0.5) is 0 Å². The lowest BCUT2D eigenvalue weighted by atomic mass is 9.86. The maximum absolute atomic E-state index is 12.3. The van der Waals surface area contributed by atoms with Crippen LogP contribution >= 0.6 is 11.3 Å². The molecule has 1 amide bonds. The first-order valence-electron chi connectivity index (χ1n) is 9.19. The van der Waals surface area contributed by atoms with E-state index in [4.69, 9.17) is 0 Å². The molecule has 2 fully saturated rings. The topological polar surface area (TPSA) is 38.0 Å². The molecule has 3 N–H and O–H groups in total. The number of thiophene rings is 1. The van der Waals surface area contributed by atoms with Crippen LogP contribution in [0.3, 0.4) is 0 Å². The molecule has 23 heavy (non-hydrogen) atoms. The SMILES string of the molecule is C[C@H]1CCCC[C@@H]1NC(=O)C[NH+]1CC[NH+](Cc2cccs2)CC1. The lowest BCUT2D eigenvalue weighted by Crippen LogP contribution is -3.28. The average molecular weight is 338 g/mol. The van der Waals surface area contributed by atoms with Gasteiger partial charge in [-0.25, -0.2) is 0 Å². The zero-order chi connectivity index (χ0) is 16.1. The summed E-state index contributed by atoms with van der Waals surface area (Å²) in [5.41, 5.74) is 0. The summed E-state index contributed by atoms with van der Waals surface area (Å²) < 4.78 is 0. The number of piperazine rings is 1. The molecule has 3 rings (SSSR count). The lowest BCUT2D eigenvalue weighted by Gasteiger charge is -2.31. The second-order valence-corrected chi connectivity index (χ2v) is 8.40. The molecule has 0 aromatic carbocycles. The average Bonchev–Trinajstić information content (AvgIpc) is 3.04. The van der Waals surface area contributed by atoms with Gasteiger partial charge < -0.3 is 15.1 Å². The standard InChI is InChI=1S/C18H29N3OS/c1-15-5-2-3-7-17(15)19-18(22)14-21-10-8-20(9-11-21)13-16-6-4-12-23-16/h4,6,12,15,17H,2-3,5,7-11,13-14H2,1H3,(H,19,22)/p+2/t15-,17-/m0/s1. The Labute approximate surface area is 143 Å². The zero-order valence-electron chi connectivity index (χ0n) is 14.3. The molecule has 1 aliphatic carbocycles. The highest BCUT2D eigenvalue weighted by Gasteiger charge is 2.27. The van der Waals surface area contributed by atoms with E-state index in [1.165, 1.54) is 48.5 Å². The predicted molar refractivity (Wildman–Crippen MR) is 93.8 cm³/mol. The maximum atomic E-state index is 12.3. The highest BCUT2D eigenvalue weighted by molar-refractivity contribution is 7.09. The fourth-order valence-corrected chi connectivity index (χ4v) is 4.76. The van der Waals surface area contributed by atoms with E-state index in [2.05, 4.69) is 29.8 Å². The van der Waals surface area contributed by atoms with Crippen LogP contribution in [0.2, 0.25) is 0 Å². The van der Waals surface area contributed by atoms with Crippen molar-refractivity contribution in [2.45, 2.75) is 45.2 Å². The molecule has 0 unspecified atom stereocenters. The third-order valence-electron chi connectivity index (χ3n) is 5.54. The highest BCUT2D eigenvalue weighted by atomic mass is 32.1. The number of amides is 1. The molecule has 2 aliphatic rings. The van der Waals surface area contributed by atoms with Gasteiger partial charge in [0.05, 0.1) is 4.88 Å². The van der Waals surface area contributed by atoms with Crippen molar-refractivity contribution in [2.75, 3.05) is 32.7 Å². The Balaban J connectivity index is 1.37. The van der Waals surface area contributed by atoms with Gasteiger partial charge in [0.25, 0.3) is 5.91 Å². The molecule has 0 spiro atoms. The summed E-state index contributed by atoms with van der Waals surface area (Å²) in [5, 5.41) is 5.46. The van der Waals surface area contributed by atoms with Crippen LogP contribution in [0, 0.1) is 5.92 Å². The second kappa shape index (κ2) is 8.27. The quantitative estimate of drug-likeness (QED) is 0.680. The first kappa shape index (κ1) is 16.9. The Morgan fingerprint density at radius 1 is 1.22 bits per heavy atom. The second-order valence-electron chi connectivity index (χ2n) is 7.37. The van der Waals surface area contributed by atoms with Crippen molar-refractivity contribution in [3.8, 4) is 0 Å². The van der Waals surface area contributed by atoms with Crippen molar-refractivity contribution < 1.29 is 14.6 Å². The molecule has 1 aromatic rings. The molecule has 1 aliphatic heterocycles. The Morgan fingerprint density at radius 2 is 1.96 bits per heavy atom. The normalized spacial score (nSPS) is 31.7. The van der Waals surface area contributed by atoms with Gasteiger partial charge in [0.2, 0.25) is 0 Å². The van der Waals surface area contributed by atoms with Crippen LogP contribution in [-0.2, 0) is 11.3 Å². The van der Waals surface area contributed by atoms with E-state index in [9.17, 15) is 4.79 Å². The van der Waals surface area contributed by atoms with E-state index in [0.717, 1.165) is 19.6 Å². The Hall–Kier alpha value is -0.910. The van der Waals surface area contributed by atoms with Gasteiger partial charge in [0.1, 0.15) is 32.7 Å². The fourth-order valence-electron chi connectivity index (χ4n) is 3.99. The third-order valence-corrected chi connectivity index (χ3v) is 6.41. The van der Waals surface area contributed by atoms with Crippen molar-refractivity contribution in [1.82, 2.24) is 5.32 Å². The number of rotatable bonds is 5. The predicted octanol–water partition coefficient (Wildman–Crippen LogP) is -0.274. The van der Waals surface area contributed by atoms with E-state index in [1.54, 1.807) is 4.90 Å². The molecular weight excluding hydrogens is 306 g/mol. The van der Waals surface area contributed by atoms with E-state index >= 15 is 0 Å². The molecular formula is C18H31N3OS+2. The third kappa shape index (κ3) is 5.03. The van der Waals surface area contributed by atoms with Crippen molar-refractivity contribution >= 4 is 17.2 Å². The van der Waals surface area contributed by atoms with Crippen molar-refractivity contribution in [3.63, 3.8) is 0 Å². The molecule has 0 bridgehead atoms. The maximum Gasteiger partial charge on any atom is 0.275 e. The lowest BCUT2D eigenvalue weighted by molar-refractivity contribution is -1.01. The summed E-state index contributed by atoms with van der Waals surface area (Å²) in [7, 11) is 0. The minimum atomic E-state index is 0.264. The van der Waals surface area contributed by atoms with E-state index in [1.807, 2.05) is 11.3 Å². The molecule has 1 aromatic heterocycles. The van der Waals surface area contributed by atoms with Gasteiger partial charge in [-0.05, 0) is 30.2 Å². The Bertz CT molecular complexity index is 482. The van der Waals surface area contributed by atoms with Crippen molar-refractivity contribution in [3.05, 3.63) is 22.4 Å². The first-order chi connectivity index (χ1) is 11.2. The summed E-state index contributed by atoms with van der Waals surface area (Å²) in [6, 6.07) is 4.79. The molecule has 2 heterocycles. The zero-order valence-corrected chi connectivity index (χ0v) is 15.1. The van der Waals surface area contributed by atoms with Crippen molar-refractivity contribution in [2.24, 2.45) is 5.92 Å². The number of hydrogen-bond acceptors (Lipinski definition) is 2. The number of nitrogens with one attached hydrogen (secondary N) is 3. The largest absolute Gasteiger partial charge is 0.348 e. The highest BCUT2D eigenvalue weighted by Crippen LogP contribution is 2.23. The first-order valence-corrected chi connectivity index (χ1v) is 10.1. The molecule has 1 saturated heterocycles. The van der Waals surface area contributed by atoms with Gasteiger partial charge in [-0.1, -0.05) is 25.8 Å². The Morgan fingerprint density at radius 3 is 2.65 bits per heavy atom. The van der Waals surface area contributed by atoms with Gasteiger partial charge in [-0.15, -0.1) is 11.3 Å². The van der Waals surface area contributed by atoms with Gasteiger partial charge >= 0.3 is 0 Å². The molecule has 2 atom stereocenters. The molecule has 4 nitrogen and oxygen atoms in total. The summed E-state index contributed by atoms with van der Waals surface area (Å²) in [6.45, 7) is 8.69. The van der Waals surface area contributed by atoms with Crippen LogP contribution in [0.1, 0.15) is 37.5 Å². The van der Waals surface area contributed by atoms with E-state index in [0.29, 0.717) is 18.5 Å². The van der Waals surface area contributed by atoms with Gasteiger partial charge in [0.15, 0.2) is 6.54 Å². The van der Waals surface area contributed by atoms with Gasteiger partial charge in [-0.3, -0.25) is 4.79 Å². The van der Waals surface area contributed by atoms with Crippen LogP contribution in [-0.4, -0.2) is 44.7 Å². The number of hydrogen-bond donors (Lipinski definition) is 3. The smallest absolute Gasteiger partial charge is 0.275 e. The molecule has 128 valence electrons. The summed E-state index contributed by atoms with van der Waals surface area (Å²) in [5.74, 6) is 0.912. The summed E-state index contributed by atoms with van der Waals surface area (Å²) in [4.78, 5) is 16.9.